The van der Waals surface area contributed by atoms with Crippen molar-refractivity contribution >= 4 is 5.91 Å². The average Bonchev–Trinajstić information content (AvgIpc) is 2.72. The molecule has 0 saturated carbocycles. The minimum Gasteiger partial charge on any atom is -0.496 e. The molecule has 0 spiro atoms. The molecule has 1 fully saturated rings. The van der Waals surface area contributed by atoms with Gasteiger partial charge in [0.05, 0.1) is 18.8 Å². The Bertz CT molecular complexity index is 845. The highest BCUT2D eigenvalue weighted by Crippen LogP contribution is 2.32. The molecule has 162 valence electrons. The van der Waals surface area contributed by atoms with Crippen molar-refractivity contribution in [2.75, 3.05) is 20.2 Å². The fourth-order valence-corrected chi connectivity index (χ4v) is 4.13. The van der Waals surface area contributed by atoms with Crippen LogP contribution in [0.25, 0.3) is 0 Å². The average molecular weight is 410 g/mol. The van der Waals surface area contributed by atoms with E-state index in [0.29, 0.717) is 5.92 Å². The molecule has 2 atom stereocenters. The third-order valence-corrected chi connectivity index (χ3v) is 5.82. The van der Waals surface area contributed by atoms with Gasteiger partial charge in [-0.05, 0) is 50.4 Å². The van der Waals surface area contributed by atoms with Gasteiger partial charge in [-0.1, -0.05) is 44.5 Å². The maximum Gasteiger partial charge on any atom is 0.225 e. The van der Waals surface area contributed by atoms with Crippen LogP contribution in [0.3, 0.4) is 0 Å². The molecule has 1 aromatic heterocycles. The summed E-state index contributed by atoms with van der Waals surface area (Å²) in [6.45, 7) is 10.8. The highest BCUT2D eigenvalue weighted by Gasteiger charge is 2.33. The number of carbonyl (C=O) groups excluding carboxylic acids is 1. The molecule has 1 aliphatic heterocycles. The second-order valence-electron chi connectivity index (χ2n) is 9.41. The molecule has 1 saturated heterocycles. The van der Waals surface area contributed by atoms with Gasteiger partial charge in [-0.2, -0.15) is 0 Å². The Labute approximate surface area is 180 Å². The summed E-state index contributed by atoms with van der Waals surface area (Å²) in [4.78, 5) is 19.9. The quantitative estimate of drug-likeness (QED) is 0.762. The minimum atomic E-state index is -0.434. The number of hydrogen-bond acceptors (Lipinski definition) is 4. The van der Waals surface area contributed by atoms with Crippen LogP contribution < -0.4 is 10.1 Å². The molecule has 0 radical (unpaired) electrons. The topological polar surface area (TPSA) is 54.5 Å². The van der Waals surface area contributed by atoms with E-state index in [0.717, 1.165) is 43.9 Å². The molecular weight excluding hydrogens is 374 g/mol. The van der Waals surface area contributed by atoms with Gasteiger partial charge >= 0.3 is 0 Å². The Balaban J connectivity index is 1.79. The summed E-state index contributed by atoms with van der Waals surface area (Å²) in [5, 5.41) is 3.31. The van der Waals surface area contributed by atoms with Crippen molar-refractivity contribution < 1.29 is 9.53 Å². The lowest BCUT2D eigenvalue weighted by Crippen LogP contribution is -2.45. The monoisotopic (exact) mass is 409 g/mol. The molecule has 1 N–H and O–H groups in total. The normalized spacial score (nSPS) is 18.6. The highest BCUT2D eigenvalue weighted by atomic mass is 16.5. The third kappa shape index (κ3) is 5.60. The van der Waals surface area contributed by atoms with Gasteiger partial charge in [0.1, 0.15) is 5.75 Å². The number of amides is 1. The Kier molecular flexibility index (Phi) is 7.14. The van der Waals surface area contributed by atoms with Crippen molar-refractivity contribution in [3.05, 3.63) is 59.4 Å². The second kappa shape index (κ2) is 9.61. The third-order valence-electron chi connectivity index (χ3n) is 5.82. The van der Waals surface area contributed by atoms with Crippen LogP contribution in [0.5, 0.6) is 5.75 Å². The molecule has 1 amide bonds. The first kappa shape index (κ1) is 22.3. The lowest BCUT2D eigenvalue weighted by atomic mass is 9.86. The van der Waals surface area contributed by atoms with Crippen LogP contribution in [0.2, 0.25) is 0 Å². The largest absolute Gasteiger partial charge is 0.496 e. The Hall–Kier alpha value is -2.40. The number of rotatable bonds is 6. The molecule has 1 aromatic carbocycles. The van der Waals surface area contributed by atoms with E-state index in [1.807, 2.05) is 51.2 Å². The zero-order chi connectivity index (χ0) is 21.7. The molecule has 0 aliphatic carbocycles. The number of likely N-dealkylation sites (tertiary alicyclic amines) is 1. The van der Waals surface area contributed by atoms with Gasteiger partial charge in [-0.15, -0.1) is 0 Å². The molecule has 2 aromatic rings. The lowest BCUT2D eigenvalue weighted by molar-refractivity contribution is -0.130. The Morgan fingerprint density at radius 2 is 2.10 bits per heavy atom. The van der Waals surface area contributed by atoms with Gasteiger partial charge in [-0.25, -0.2) is 0 Å². The summed E-state index contributed by atoms with van der Waals surface area (Å²) in [7, 11) is 1.73. The summed E-state index contributed by atoms with van der Waals surface area (Å²) in [5.74, 6) is 1.32. The minimum absolute atomic E-state index is 0.0654. The molecule has 2 heterocycles. The maximum absolute atomic E-state index is 12.8. The van der Waals surface area contributed by atoms with Crippen LogP contribution in [0.15, 0.2) is 42.6 Å². The van der Waals surface area contributed by atoms with Gasteiger partial charge < -0.3 is 10.1 Å². The predicted octanol–water partition coefficient (Wildman–Crippen LogP) is 4.51. The van der Waals surface area contributed by atoms with Crippen molar-refractivity contribution in [2.45, 2.75) is 53.1 Å². The number of carbonyl (C=O) groups is 1. The van der Waals surface area contributed by atoms with Crippen LogP contribution in [-0.2, 0) is 11.3 Å². The fraction of sp³-hybridized carbons (Fsp3) is 0.520. The van der Waals surface area contributed by atoms with E-state index in [1.54, 1.807) is 7.11 Å². The number of aromatic nitrogens is 1. The molecule has 5 nitrogen and oxygen atoms in total. The van der Waals surface area contributed by atoms with E-state index in [1.165, 1.54) is 11.1 Å². The smallest absolute Gasteiger partial charge is 0.225 e. The van der Waals surface area contributed by atoms with E-state index >= 15 is 0 Å². The predicted molar refractivity (Wildman–Crippen MR) is 120 cm³/mol. The highest BCUT2D eigenvalue weighted by molar-refractivity contribution is 5.81. The fourth-order valence-electron chi connectivity index (χ4n) is 4.13. The number of aryl methyl sites for hydroxylation is 1. The van der Waals surface area contributed by atoms with E-state index in [4.69, 9.17) is 4.74 Å². The standard InChI is InChI=1S/C25H35N3O2/c1-18-11-12-22(30-5)20(15-18)17-28-14-8-9-19(16-28)23(21-10-6-7-13-26-21)27-24(29)25(2,3)4/h6-7,10-13,15,19,23H,8-9,14,16-17H2,1-5H3,(H,27,29)/t19-,23-/m0/s1. The maximum atomic E-state index is 12.8. The Morgan fingerprint density at radius 3 is 2.77 bits per heavy atom. The molecule has 0 unspecified atom stereocenters. The number of ether oxygens (including phenoxy) is 1. The van der Waals surface area contributed by atoms with Crippen molar-refractivity contribution in [2.24, 2.45) is 11.3 Å². The number of piperidine rings is 1. The van der Waals surface area contributed by atoms with E-state index in [-0.39, 0.29) is 11.9 Å². The van der Waals surface area contributed by atoms with Gasteiger partial charge in [0.25, 0.3) is 0 Å². The first-order valence-electron chi connectivity index (χ1n) is 10.9. The number of pyridine rings is 1. The molecule has 5 heteroatoms. The van der Waals surface area contributed by atoms with E-state index < -0.39 is 5.41 Å². The summed E-state index contributed by atoms with van der Waals surface area (Å²) < 4.78 is 5.58. The zero-order valence-electron chi connectivity index (χ0n) is 18.9. The summed E-state index contributed by atoms with van der Waals surface area (Å²) in [6.07, 6.45) is 3.99. The SMILES string of the molecule is COc1ccc(C)cc1CN1CCC[C@H]([C@H](NC(=O)C(C)(C)C)c2ccccn2)C1. The zero-order valence-corrected chi connectivity index (χ0v) is 18.9. The van der Waals surface area contributed by atoms with Crippen molar-refractivity contribution in [3.63, 3.8) is 0 Å². The number of nitrogens with zero attached hydrogens (tertiary/aromatic N) is 2. The molecular formula is C25H35N3O2. The lowest BCUT2D eigenvalue weighted by Gasteiger charge is -2.38. The van der Waals surface area contributed by atoms with Crippen LogP contribution >= 0.6 is 0 Å². The van der Waals surface area contributed by atoms with Crippen LogP contribution in [0, 0.1) is 18.3 Å². The summed E-state index contributed by atoms with van der Waals surface area (Å²) in [5.41, 5.74) is 2.96. The number of nitrogens with one attached hydrogen (secondary N) is 1. The number of hydrogen-bond donors (Lipinski definition) is 1. The summed E-state index contributed by atoms with van der Waals surface area (Å²) in [6, 6.07) is 12.2. The first-order valence-corrected chi connectivity index (χ1v) is 10.9. The Morgan fingerprint density at radius 1 is 1.30 bits per heavy atom. The van der Waals surface area contributed by atoms with Crippen molar-refractivity contribution in [3.8, 4) is 5.75 Å². The molecule has 3 rings (SSSR count). The molecule has 0 bridgehead atoms. The number of methoxy groups -OCH3 is 1. The molecule has 30 heavy (non-hydrogen) atoms. The van der Waals surface area contributed by atoms with E-state index in [2.05, 4.69) is 34.3 Å². The van der Waals surface area contributed by atoms with Crippen molar-refractivity contribution in [1.29, 1.82) is 0 Å². The second-order valence-corrected chi connectivity index (χ2v) is 9.41. The van der Waals surface area contributed by atoms with E-state index in [9.17, 15) is 4.79 Å². The van der Waals surface area contributed by atoms with Gasteiger partial charge in [0.15, 0.2) is 0 Å². The van der Waals surface area contributed by atoms with Gasteiger partial charge in [-0.3, -0.25) is 14.7 Å². The van der Waals surface area contributed by atoms with Crippen molar-refractivity contribution in [1.82, 2.24) is 15.2 Å². The van der Waals surface area contributed by atoms with Gasteiger partial charge in [0, 0.05) is 30.3 Å². The first-order chi connectivity index (χ1) is 14.3. The van der Waals surface area contributed by atoms with Crippen LogP contribution in [0.4, 0.5) is 0 Å². The van der Waals surface area contributed by atoms with Crippen LogP contribution in [-0.4, -0.2) is 36.0 Å². The summed E-state index contributed by atoms with van der Waals surface area (Å²) >= 11 is 0. The molecule has 1 aliphatic rings. The number of benzene rings is 1. The van der Waals surface area contributed by atoms with Crippen LogP contribution in [0.1, 0.15) is 56.5 Å². The van der Waals surface area contributed by atoms with Gasteiger partial charge in [0.2, 0.25) is 5.91 Å².